The molecule has 2 amide bonds. The smallest absolute Gasteiger partial charge is 0.381 e. The molecule has 4 rings (SSSR count). The molecule has 0 aliphatic carbocycles. The molecule has 0 radical (unpaired) electrons. The van der Waals surface area contributed by atoms with E-state index in [0.717, 1.165) is 18.5 Å². The standard InChI is InChI=1S/C22H24ClF4N7O2/c23-12-6-11(22(25,26)27)7-13(8-12)32-15-2-1-4-34(21(15)36)16-9-33(5-3-14(16)19(29)35)20-17(24)18(28)30-10-31-20/h6-8,10,14-16,32H,1-5,9H2,(H2,29,35)(H2,28,30,31)/t14?,15-,16+/m1/s1. The number of amides is 2. The first-order valence-corrected chi connectivity index (χ1v) is 11.6. The van der Waals surface area contributed by atoms with Gasteiger partial charge in [0, 0.05) is 30.3 Å². The molecule has 3 atom stereocenters. The molecule has 3 heterocycles. The predicted octanol–water partition coefficient (Wildman–Crippen LogP) is 2.65. The molecule has 36 heavy (non-hydrogen) atoms. The molecule has 2 aromatic rings. The first kappa shape index (κ1) is 25.7. The van der Waals surface area contributed by atoms with Crippen LogP contribution in [-0.4, -0.2) is 58.4 Å². The summed E-state index contributed by atoms with van der Waals surface area (Å²) in [5.41, 5.74) is 10.3. The van der Waals surface area contributed by atoms with Gasteiger partial charge in [0.1, 0.15) is 12.4 Å². The summed E-state index contributed by atoms with van der Waals surface area (Å²) in [5.74, 6) is -2.89. The molecule has 1 aromatic heterocycles. The highest BCUT2D eigenvalue weighted by atomic mass is 35.5. The van der Waals surface area contributed by atoms with Crippen molar-refractivity contribution in [3.63, 3.8) is 0 Å². The highest BCUT2D eigenvalue weighted by molar-refractivity contribution is 6.31. The number of carbonyl (C=O) groups excluding carboxylic acids is 2. The number of rotatable bonds is 5. The van der Waals surface area contributed by atoms with Gasteiger partial charge < -0.3 is 26.6 Å². The van der Waals surface area contributed by atoms with Gasteiger partial charge in [-0.15, -0.1) is 0 Å². The fraction of sp³-hybridized carbons (Fsp3) is 0.455. The van der Waals surface area contributed by atoms with Crippen molar-refractivity contribution in [1.29, 1.82) is 0 Å². The van der Waals surface area contributed by atoms with Gasteiger partial charge in [-0.25, -0.2) is 9.97 Å². The van der Waals surface area contributed by atoms with E-state index in [4.69, 9.17) is 23.1 Å². The van der Waals surface area contributed by atoms with Crippen molar-refractivity contribution in [2.45, 2.75) is 37.5 Å². The third-order valence-corrected chi connectivity index (χ3v) is 6.70. The van der Waals surface area contributed by atoms with Gasteiger partial charge in [0.2, 0.25) is 17.6 Å². The van der Waals surface area contributed by atoms with E-state index in [9.17, 15) is 27.2 Å². The van der Waals surface area contributed by atoms with Crippen molar-refractivity contribution < 1.29 is 27.2 Å². The predicted molar refractivity (Wildman–Crippen MR) is 125 cm³/mol. The third kappa shape index (κ3) is 5.25. The maximum atomic E-state index is 14.6. The number of benzene rings is 1. The number of piperidine rings is 2. The zero-order valence-electron chi connectivity index (χ0n) is 18.9. The average Bonchev–Trinajstić information content (AvgIpc) is 2.81. The summed E-state index contributed by atoms with van der Waals surface area (Å²) in [4.78, 5) is 36.3. The number of aromatic nitrogens is 2. The second-order valence-electron chi connectivity index (χ2n) is 8.80. The fourth-order valence-electron chi connectivity index (χ4n) is 4.77. The average molecular weight is 530 g/mol. The minimum absolute atomic E-state index is 0.0466. The van der Waals surface area contributed by atoms with Crippen LogP contribution in [0.2, 0.25) is 5.02 Å². The van der Waals surface area contributed by atoms with Crippen LogP contribution in [0.5, 0.6) is 0 Å². The molecular formula is C22H24ClF4N7O2. The Bertz CT molecular complexity index is 1170. The summed E-state index contributed by atoms with van der Waals surface area (Å²) in [5, 5.41) is 2.72. The monoisotopic (exact) mass is 529 g/mol. The van der Waals surface area contributed by atoms with Crippen LogP contribution < -0.4 is 21.7 Å². The Kier molecular flexibility index (Phi) is 7.12. The second-order valence-corrected chi connectivity index (χ2v) is 9.24. The van der Waals surface area contributed by atoms with Gasteiger partial charge in [-0.3, -0.25) is 9.59 Å². The van der Waals surface area contributed by atoms with Gasteiger partial charge >= 0.3 is 6.18 Å². The molecule has 2 saturated heterocycles. The summed E-state index contributed by atoms with van der Waals surface area (Å²) >= 11 is 5.87. The number of primary amides is 1. The Morgan fingerprint density at radius 2 is 1.92 bits per heavy atom. The SMILES string of the molecule is NC(=O)C1CCN(c2ncnc(N)c2F)C[C@@H]1N1CCC[C@@H](Nc2cc(Cl)cc(C(F)(F)F)c2)C1=O. The van der Waals surface area contributed by atoms with Crippen LogP contribution in [0, 0.1) is 11.7 Å². The third-order valence-electron chi connectivity index (χ3n) is 6.48. The number of nitrogens with one attached hydrogen (secondary N) is 1. The Balaban J connectivity index is 1.57. The quantitative estimate of drug-likeness (QED) is 0.508. The number of hydrogen-bond donors (Lipinski definition) is 3. The molecule has 1 unspecified atom stereocenters. The molecule has 2 aliphatic rings. The number of nitrogens with zero attached hydrogens (tertiary/aromatic N) is 4. The van der Waals surface area contributed by atoms with Crippen molar-refractivity contribution in [2.75, 3.05) is 35.6 Å². The molecule has 0 bridgehead atoms. The number of nitrogens with two attached hydrogens (primary N) is 2. The largest absolute Gasteiger partial charge is 0.416 e. The highest BCUT2D eigenvalue weighted by Crippen LogP contribution is 2.35. The minimum Gasteiger partial charge on any atom is -0.381 e. The van der Waals surface area contributed by atoms with Gasteiger partial charge in [-0.2, -0.15) is 17.6 Å². The Morgan fingerprint density at radius 3 is 2.61 bits per heavy atom. The second kappa shape index (κ2) is 9.96. The lowest BCUT2D eigenvalue weighted by molar-refractivity contribution is -0.140. The zero-order chi connectivity index (χ0) is 26.2. The molecule has 9 nitrogen and oxygen atoms in total. The molecule has 14 heteroatoms. The molecule has 1 aromatic carbocycles. The van der Waals surface area contributed by atoms with E-state index in [-0.39, 0.29) is 41.9 Å². The molecule has 0 spiro atoms. The van der Waals surface area contributed by atoms with Crippen LogP contribution in [0.15, 0.2) is 24.5 Å². The first-order chi connectivity index (χ1) is 17.0. The van der Waals surface area contributed by atoms with E-state index >= 15 is 0 Å². The van der Waals surface area contributed by atoms with Crippen LogP contribution in [0.1, 0.15) is 24.8 Å². The number of halogens is 5. The lowest BCUT2D eigenvalue weighted by Gasteiger charge is -2.46. The van der Waals surface area contributed by atoms with Crippen molar-refractivity contribution in [3.05, 3.63) is 40.9 Å². The van der Waals surface area contributed by atoms with Gasteiger partial charge in [-0.05, 0) is 37.5 Å². The summed E-state index contributed by atoms with van der Waals surface area (Å²) in [6, 6.07) is 1.44. The van der Waals surface area contributed by atoms with E-state index < -0.39 is 47.4 Å². The normalized spacial score (nSPS) is 23.0. The lowest BCUT2D eigenvalue weighted by Crippen LogP contribution is -2.61. The van der Waals surface area contributed by atoms with Crippen LogP contribution in [0.4, 0.5) is 34.9 Å². The van der Waals surface area contributed by atoms with Gasteiger partial charge in [0.25, 0.3) is 0 Å². The molecule has 2 aliphatic heterocycles. The van der Waals surface area contributed by atoms with Gasteiger partial charge in [0.15, 0.2) is 11.6 Å². The minimum atomic E-state index is -4.61. The van der Waals surface area contributed by atoms with Crippen LogP contribution in [-0.2, 0) is 15.8 Å². The summed E-state index contributed by atoms with van der Waals surface area (Å²) in [7, 11) is 0. The van der Waals surface area contributed by atoms with Crippen LogP contribution >= 0.6 is 11.6 Å². The summed E-state index contributed by atoms with van der Waals surface area (Å²) < 4.78 is 54.2. The first-order valence-electron chi connectivity index (χ1n) is 11.2. The van der Waals surface area contributed by atoms with E-state index in [1.165, 1.54) is 11.0 Å². The van der Waals surface area contributed by atoms with Gasteiger partial charge in [0.05, 0.1) is 17.5 Å². The van der Waals surface area contributed by atoms with E-state index in [0.29, 0.717) is 19.4 Å². The van der Waals surface area contributed by atoms with Gasteiger partial charge in [-0.1, -0.05) is 11.6 Å². The number of anilines is 3. The topological polar surface area (TPSA) is 130 Å². The maximum Gasteiger partial charge on any atom is 0.416 e. The van der Waals surface area contributed by atoms with E-state index in [1.54, 1.807) is 4.90 Å². The molecule has 194 valence electrons. The van der Waals surface area contributed by atoms with Crippen LogP contribution in [0.3, 0.4) is 0 Å². The maximum absolute atomic E-state index is 14.6. The Hall–Kier alpha value is -3.35. The Labute approximate surface area is 208 Å². The van der Waals surface area contributed by atoms with Crippen molar-refractivity contribution in [1.82, 2.24) is 14.9 Å². The zero-order valence-corrected chi connectivity index (χ0v) is 19.7. The van der Waals surface area contributed by atoms with Crippen molar-refractivity contribution in [3.8, 4) is 0 Å². The van der Waals surface area contributed by atoms with E-state index in [2.05, 4.69) is 15.3 Å². The molecule has 2 fully saturated rings. The molecule has 5 N–H and O–H groups in total. The Morgan fingerprint density at radius 1 is 1.17 bits per heavy atom. The number of nitrogen functional groups attached to an aromatic ring is 1. The molecule has 0 saturated carbocycles. The van der Waals surface area contributed by atoms with Crippen molar-refractivity contribution in [2.24, 2.45) is 11.7 Å². The summed E-state index contributed by atoms with van der Waals surface area (Å²) in [6.07, 6.45) is -2.36. The fourth-order valence-corrected chi connectivity index (χ4v) is 5.00. The number of hydrogen-bond acceptors (Lipinski definition) is 7. The summed E-state index contributed by atoms with van der Waals surface area (Å²) in [6.45, 7) is 0.621. The highest BCUT2D eigenvalue weighted by Gasteiger charge is 2.43. The number of carbonyl (C=O) groups is 2. The number of likely N-dealkylation sites (tertiary alicyclic amines) is 1. The van der Waals surface area contributed by atoms with Crippen molar-refractivity contribution >= 4 is 40.7 Å². The molecular weight excluding hydrogens is 506 g/mol. The lowest BCUT2D eigenvalue weighted by atomic mass is 9.87. The number of alkyl halides is 3. The van der Waals surface area contributed by atoms with Crippen LogP contribution in [0.25, 0.3) is 0 Å². The van der Waals surface area contributed by atoms with E-state index in [1.807, 2.05) is 0 Å².